The number of halogens is 2. The van der Waals surface area contributed by atoms with Crippen molar-refractivity contribution in [1.29, 1.82) is 0 Å². The number of imidazole rings is 1. The van der Waals surface area contributed by atoms with Gasteiger partial charge in [0.05, 0.1) is 0 Å². The van der Waals surface area contributed by atoms with E-state index in [2.05, 4.69) is 39.4 Å². The average Bonchev–Trinajstić information content (AvgIpc) is 3.39. The van der Waals surface area contributed by atoms with Crippen LogP contribution >= 0.6 is 0 Å². The smallest absolute Gasteiger partial charge is 0.242 e. The number of carbonyl (C=O) groups is 1. The first-order chi connectivity index (χ1) is 17.4. The Morgan fingerprint density at radius 2 is 1.97 bits per heavy atom. The lowest BCUT2D eigenvalue weighted by molar-refractivity contribution is -0.122. The minimum Gasteiger partial charge on any atom is -0.382 e. The summed E-state index contributed by atoms with van der Waals surface area (Å²) in [7, 11) is 0. The molecule has 1 atom stereocenters. The van der Waals surface area contributed by atoms with Gasteiger partial charge in [0.1, 0.15) is 18.2 Å². The van der Waals surface area contributed by atoms with Gasteiger partial charge in [-0.2, -0.15) is 4.98 Å². The van der Waals surface area contributed by atoms with Gasteiger partial charge in [-0.05, 0) is 56.2 Å². The van der Waals surface area contributed by atoms with E-state index in [0.29, 0.717) is 62.0 Å². The molecule has 0 fully saturated rings. The summed E-state index contributed by atoms with van der Waals surface area (Å²) in [6.45, 7) is 7.83. The second kappa shape index (κ2) is 13.6. The Labute approximate surface area is 210 Å². The fourth-order valence-corrected chi connectivity index (χ4v) is 3.68. The lowest BCUT2D eigenvalue weighted by Crippen LogP contribution is -2.41. The number of hydrogen-bond acceptors (Lipinski definition) is 6. The molecular weight excluding hydrogens is 466 g/mol. The van der Waals surface area contributed by atoms with Crippen molar-refractivity contribution in [2.24, 2.45) is 5.92 Å². The number of hydrogen-bond donors (Lipinski definition) is 2. The molecule has 2 aromatic heterocycles. The summed E-state index contributed by atoms with van der Waals surface area (Å²) in [5.74, 6) is -0.671. The van der Waals surface area contributed by atoms with Crippen molar-refractivity contribution in [3.63, 3.8) is 0 Å². The summed E-state index contributed by atoms with van der Waals surface area (Å²) >= 11 is 0. The van der Waals surface area contributed by atoms with Crippen LogP contribution in [0.2, 0.25) is 0 Å². The van der Waals surface area contributed by atoms with Crippen molar-refractivity contribution in [3.8, 4) is 5.95 Å². The molecule has 0 aliphatic rings. The predicted molar refractivity (Wildman–Crippen MR) is 134 cm³/mol. The second-order valence-electron chi connectivity index (χ2n) is 8.93. The number of rotatable bonds is 14. The van der Waals surface area contributed by atoms with Gasteiger partial charge >= 0.3 is 0 Å². The maximum Gasteiger partial charge on any atom is 0.242 e. The molecule has 36 heavy (non-hydrogen) atoms. The second-order valence-corrected chi connectivity index (χ2v) is 8.93. The zero-order valence-corrected chi connectivity index (χ0v) is 21.0. The fourth-order valence-electron chi connectivity index (χ4n) is 3.68. The summed E-state index contributed by atoms with van der Waals surface area (Å²) in [4.78, 5) is 26.2. The number of anilines is 1. The van der Waals surface area contributed by atoms with Crippen molar-refractivity contribution in [2.45, 2.75) is 52.5 Å². The Morgan fingerprint density at radius 1 is 1.14 bits per heavy atom. The quantitative estimate of drug-likeness (QED) is 0.324. The molecule has 8 nitrogen and oxygen atoms in total. The van der Waals surface area contributed by atoms with Crippen LogP contribution in [-0.4, -0.2) is 51.2 Å². The number of benzene rings is 1. The largest absolute Gasteiger partial charge is 0.382 e. The molecule has 0 unspecified atom stereocenters. The van der Waals surface area contributed by atoms with E-state index >= 15 is 0 Å². The molecule has 1 amide bonds. The molecule has 3 rings (SSSR count). The Kier molecular flexibility index (Phi) is 10.3. The topological polar surface area (TPSA) is 94.0 Å². The van der Waals surface area contributed by atoms with E-state index in [1.807, 2.05) is 6.92 Å². The van der Waals surface area contributed by atoms with Crippen LogP contribution in [0.15, 0.2) is 43.0 Å². The standard InChI is InChI=1S/C26H34F2N6O2/c1-4-36-13-5-10-30-25(35)23(14-18(2)3)32-24-16-20(31-26(33-24)34-12-11-29-17-34)8-6-19-7-9-21(27)22(28)15-19/h7,9,11-12,15-18,23H,4-6,8,10,13-14H2,1-3H3,(H,30,35)(H,31,32,33)/t23-/m0/s1. The number of aromatic nitrogens is 4. The van der Waals surface area contributed by atoms with Crippen molar-refractivity contribution in [1.82, 2.24) is 24.8 Å². The molecule has 0 radical (unpaired) electrons. The molecule has 2 heterocycles. The van der Waals surface area contributed by atoms with Crippen LogP contribution in [0, 0.1) is 17.6 Å². The number of amides is 1. The highest BCUT2D eigenvalue weighted by Crippen LogP contribution is 2.17. The molecule has 1 aromatic carbocycles. The number of nitrogens with one attached hydrogen (secondary N) is 2. The average molecular weight is 501 g/mol. The molecule has 0 aliphatic heterocycles. The third kappa shape index (κ3) is 8.37. The lowest BCUT2D eigenvalue weighted by atomic mass is 10.0. The van der Waals surface area contributed by atoms with E-state index in [1.165, 1.54) is 6.07 Å². The van der Waals surface area contributed by atoms with E-state index in [1.54, 1.807) is 35.4 Å². The fraction of sp³-hybridized carbons (Fsp3) is 0.462. The van der Waals surface area contributed by atoms with E-state index < -0.39 is 17.7 Å². The van der Waals surface area contributed by atoms with Crippen LogP contribution in [-0.2, 0) is 22.4 Å². The SMILES string of the molecule is CCOCCCNC(=O)[C@H](CC(C)C)Nc1cc(CCc2ccc(F)c(F)c2)nc(-n2ccnc2)n1. The van der Waals surface area contributed by atoms with Gasteiger partial charge in [0.25, 0.3) is 0 Å². The van der Waals surface area contributed by atoms with Crippen molar-refractivity contribution in [2.75, 3.05) is 25.1 Å². The van der Waals surface area contributed by atoms with Crippen molar-refractivity contribution >= 4 is 11.7 Å². The number of nitrogens with zero attached hydrogens (tertiary/aromatic N) is 4. The Morgan fingerprint density at radius 3 is 2.67 bits per heavy atom. The lowest BCUT2D eigenvalue weighted by Gasteiger charge is -2.21. The summed E-state index contributed by atoms with van der Waals surface area (Å²) in [5, 5.41) is 6.26. The molecule has 0 bridgehead atoms. The van der Waals surface area contributed by atoms with Gasteiger partial charge in [0, 0.05) is 43.9 Å². The van der Waals surface area contributed by atoms with Crippen LogP contribution in [0.1, 0.15) is 44.9 Å². The molecule has 194 valence electrons. The minimum atomic E-state index is -0.875. The van der Waals surface area contributed by atoms with Gasteiger partial charge in [0.15, 0.2) is 11.6 Å². The number of carbonyl (C=O) groups excluding carboxylic acids is 1. The van der Waals surface area contributed by atoms with E-state index in [4.69, 9.17) is 4.74 Å². The van der Waals surface area contributed by atoms with E-state index in [-0.39, 0.29) is 11.8 Å². The van der Waals surface area contributed by atoms with Crippen LogP contribution < -0.4 is 10.6 Å². The summed E-state index contributed by atoms with van der Waals surface area (Å²) in [6.07, 6.45) is 7.24. The maximum absolute atomic E-state index is 13.6. The van der Waals surface area contributed by atoms with Gasteiger partial charge in [-0.1, -0.05) is 19.9 Å². The van der Waals surface area contributed by atoms with Crippen molar-refractivity contribution < 1.29 is 18.3 Å². The zero-order valence-electron chi connectivity index (χ0n) is 21.0. The van der Waals surface area contributed by atoms with Gasteiger partial charge in [-0.15, -0.1) is 0 Å². The van der Waals surface area contributed by atoms with E-state index in [0.717, 1.165) is 12.5 Å². The number of aryl methyl sites for hydroxylation is 2. The first-order valence-electron chi connectivity index (χ1n) is 12.3. The Hall–Kier alpha value is -3.40. The minimum absolute atomic E-state index is 0.105. The Bertz CT molecular complexity index is 1110. The van der Waals surface area contributed by atoms with Crippen LogP contribution in [0.25, 0.3) is 5.95 Å². The van der Waals surface area contributed by atoms with Gasteiger partial charge < -0.3 is 15.4 Å². The van der Waals surface area contributed by atoms with Gasteiger partial charge in [-0.25, -0.2) is 18.7 Å². The molecule has 10 heteroatoms. The van der Waals surface area contributed by atoms with Crippen molar-refractivity contribution in [3.05, 3.63) is 65.9 Å². The van der Waals surface area contributed by atoms with Crippen LogP contribution in [0.5, 0.6) is 0 Å². The molecule has 0 aliphatic carbocycles. The van der Waals surface area contributed by atoms with E-state index in [9.17, 15) is 13.6 Å². The highest BCUT2D eigenvalue weighted by atomic mass is 19.2. The summed E-state index contributed by atoms with van der Waals surface area (Å²) < 4.78 is 33.9. The first kappa shape index (κ1) is 27.2. The Balaban J connectivity index is 1.77. The molecule has 0 spiro atoms. The molecule has 3 aromatic rings. The first-order valence-corrected chi connectivity index (χ1v) is 12.3. The highest BCUT2D eigenvalue weighted by molar-refractivity contribution is 5.84. The highest BCUT2D eigenvalue weighted by Gasteiger charge is 2.21. The molecular formula is C26H34F2N6O2. The number of ether oxygens (including phenoxy) is 1. The zero-order chi connectivity index (χ0) is 25.9. The molecule has 2 N–H and O–H groups in total. The van der Waals surface area contributed by atoms with Crippen LogP contribution in [0.4, 0.5) is 14.6 Å². The maximum atomic E-state index is 13.6. The molecule has 0 saturated carbocycles. The summed E-state index contributed by atoms with van der Waals surface area (Å²) in [6, 6.07) is 5.18. The van der Waals surface area contributed by atoms with Crippen LogP contribution in [0.3, 0.4) is 0 Å². The van der Waals surface area contributed by atoms with Gasteiger partial charge in [0.2, 0.25) is 11.9 Å². The third-order valence-electron chi connectivity index (χ3n) is 5.47. The monoisotopic (exact) mass is 500 g/mol. The van der Waals surface area contributed by atoms with Gasteiger partial charge in [-0.3, -0.25) is 9.36 Å². The predicted octanol–water partition coefficient (Wildman–Crippen LogP) is 4.10. The molecule has 0 saturated heterocycles. The third-order valence-corrected chi connectivity index (χ3v) is 5.47. The summed E-state index contributed by atoms with van der Waals surface area (Å²) in [5.41, 5.74) is 1.36. The normalized spacial score (nSPS) is 12.1.